The number of rotatable bonds is 3. The van der Waals surface area contributed by atoms with Gasteiger partial charge in [-0.2, -0.15) is 0 Å². The second-order valence-corrected chi connectivity index (χ2v) is 4.28. The van der Waals surface area contributed by atoms with Crippen molar-refractivity contribution in [3.05, 3.63) is 28.0 Å². The zero-order chi connectivity index (χ0) is 12.3. The van der Waals surface area contributed by atoms with Crippen molar-refractivity contribution in [3.63, 3.8) is 0 Å². The van der Waals surface area contributed by atoms with E-state index in [9.17, 15) is 9.18 Å². The first-order chi connectivity index (χ1) is 7.45. The third-order valence-corrected chi connectivity index (χ3v) is 2.40. The minimum absolute atomic E-state index is 0.149. The van der Waals surface area contributed by atoms with Crippen LogP contribution in [0.1, 0.15) is 24.2 Å². The highest BCUT2D eigenvalue weighted by atomic mass is 79.9. The van der Waals surface area contributed by atoms with Crippen LogP contribution in [0.15, 0.2) is 16.6 Å². The lowest BCUT2D eigenvalue weighted by Gasteiger charge is -2.13. The molecule has 0 fully saturated rings. The van der Waals surface area contributed by atoms with Crippen LogP contribution in [0.4, 0.5) is 4.39 Å². The summed E-state index contributed by atoms with van der Waals surface area (Å²) in [5.74, 6) is -0.859. The molecule has 1 aromatic rings. The molecule has 0 bridgehead atoms. The Balaban J connectivity index is 3.21. The highest BCUT2D eigenvalue weighted by molar-refractivity contribution is 9.10. The fourth-order valence-corrected chi connectivity index (χ4v) is 1.49. The van der Waals surface area contributed by atoms with Gasteiger partial charge in [0, 0.05) is 6.07 Å². The number of halogens is 2. The molecule has 1 aromatic carbocycles. The number of benzene rings is 1. The van der Waals surface area contributed by atoms with Crippen molar-refractivity contribution >= 4 is 21.9 Å². The van der Waals surface area contributed by atoms with Gasteiger partial charge in [-0.1, -0.05) is 0 Å². The summed E-state index contributed by atoms with van der Waals surface area (Å²) in [6.45, 7) is 3.59. The molecule has 0 aromatic heterocycles. The minimum atomic E-state index is -0.559. The number of carbonyl (C=O) groups is 1. The standard InChI is InChI=1S/C11H12BrFO3/c1-6(2)16-10-5-9(13)8(12)4-7(10)11(14)15-3/h4-6H,1-3H3. The summed E-state index contributed by atoms with van der Waals surface area (Å²) in [6.07, 6.45) is -0.149. The molecule has 0 atom stereocenters. The fraction of sp³-hybridized carbons (Fsp3) is 0.364. The van der Waals surface area contributed by atoms with Gasteiger partial charge in [0.25, 0.3) is 0 Å². The second kappa shape index (κ2) is 5.30. The van der Waals surface area contributed by atoms with Gasteiger partial charge in [0.15, 0.2) is 0 Å². The van der Waals surface area contributed by atoms with Gasteiger partial charge in [-0.15, -0.1) is 0 Å². The van der Waals surface area contributed by atoms with E-state index in [1.807, 2.05) is 0 Å². The number of carbonyl (C=O) groups excluding carboxylic acids is 1. The predicted molar refractivity (Wildman–Crippen MR) is 61.2 cm³/mol. The van der Waals surface area contributed by atoms with Gasteiger partial charge in [0.1, 0.15) is 17.1 Å². The van der Waals surface area contributed by atoms with Crippen molar-refractivity contribution in [2.75, 3.05) is 7.11 Å². The van der Waals surface area contributed by atoms with Gasteiger partial charge in [0.2, 0.25) is 0 Å². The van der Waals surface area contributed by atoms with Crippen LogP contribution in [0.25, 0.3) is 0 Å². The van der Waals surface area contributed by atoms with E-state index in [0.717, 1.165) is 6.07 Å². The van der Waals surface area contributed by atoms with E-state index in [2.05, 4.69) is 20.7 Å². The van der Waals surface area contributed by atoms with Gasteiger partial charge in [-0.05, 0) is 35.8 Å². The summed E-state index contributed by atoms with van der Waals surface area (Å²) >= 11 is 3.01. The van der Waals surface area contributed by atoms with Crippen LogP contribution in [0.3, 0.4) is 0 Å². The highest BCUT2D eigenvalue weighted by Gasteiger charge is 2.17. The summed E-state index contributed by atoms with van der Waals surface area (Å²) in [5, 5.41) is 0. The number of methoxy groups -OCH3 is 1. The maximum Gasteiger partial charge on any atom is 0.341 e. The van der Waals surface area contributed by atoms with E-state index in [1.165, 1.54) is 13.2 Å². The molecule has 0 spiro atoms. The van der Waals surface area contributed by atoms with Crippen molar-refractivity contribution in [2.45, 2.75) is 20.0 Å². The predicted octanol–water partition coefficient (Wildman–Crippen LogP) is 3.16. The summed E-state index contributed by atoms with van der Waals surface area (Å²) in [7, 11) is 1.26. The third kappa shape index (κ3) is 2.95. The third-order valence-electron chi connectivity index (χ3n) is 1.79. The number of hydrogen-bond acceptors (Lipinski definition) is 3. The largest absolute Gasteiger partial charge is 0.490 e. The zero-order valence-electron chi connectivity index (χ0n) is 9.21. The summed E-state index contributed by atoms with van der Waals surface area (Å²) < 4.78 is 23.4. The summed E-state index contributed by atoms with van der Waals surface area (Å²) in [5.41, 5.74) is 0.199. The van der Waals surface area contributed by atoms with Gasteiger partial charge >= 0.3 is 5.97 Å². The molecule has 3 nitrogen and oxygen atoms in total. The average molecular weight is 291 g/mol. The summed E-state index contributed by atoms with van der Waals surface area (Å²) in [6, 6.07) is 2.51. The molecule has 5 heteroatoms. The lowest BCUT2D eigenvalue weighted by molar-refractivity contribution is 0.0594. The molecule has 88 valence electrons. The van der Waals surface area contributed by atoms with E-state index >= 15 is 0 Å². The molecule has 1 rings (SSSR count). The molecule has 0 heterocycles. The van der Waals surface area contributed by atoms with Crippen LogP contribution in [0, 0.1) is 5.82 Å². The van der Waals surface area contributed by atoms with E-state index in [-0.39, 0.29) is 21.9 Å². The van der Waals surface area contributed by atoms with Crippen LogP contribution in [0.2, 0.25) is 0 Å². The number of hydrogen-bond donors (Lipinski definition) is 0. The van der Waals surface area contributed by atoms with Crippen molar-refractivity contribution in [2.24, 2.45) is 0 Å². The molecule has 16 heavy (non-hydrogen) atoms. The summed E-state index contributed by atoms with van der Waals surface area (Å²) in [4.78, 5) is 11.4. The van der Waals surface area contributed by atoms with Gasteiger partial charge in [-0.3, -0.25) is 0 Å². The maximum absolute atomic E-state index is 13.3. The van der Waals surface area contributed by atoms with Gasteiger partial charge in [-0.25, -0.2) is 9.18 Å². The molecular weight excluding hydrogens is 279 g/mol. The van der Waals surface area contributed by atoms with Gasteiger partial charge in [0.05, 0.1) is 17.7 Å². The van der Waals surface area contributed by atoms with Crippen LogP contribution < -0.4 is 4.74 Å². The Labute approximate surface area is 102 Å². The van der Waals surface area contributed by atoms with Crippen molar-refractivity contribution in [1.82, 2.24) is 0 Å². The highest BCUT2D eigenvalue weighted by Crippen LogP contribution is 2.27. The first kappa shape index (κ1) is 13.0. The maximum atomic E-state index is 13.3. The van der Waals surface area contributed by atoms with Crippen molar-refractivity contribution in [1.29, 1.82) is 0 Å². The molecule has 0 unspecified atom stereocenters. The van der Waals surface area contributed by atoms with Crippen LogP contribution in [-0.2, 0) is 4.74 Å². The molecule has 0 aliphatic carbocycles. The molecule has 0 amide bonds. The van der Waals surface area contributed by atoms with E-state index in [4.69, 9.17) is 4.74 Å². The average Bonchev–Trinajstić information content (AvgIpc) is 2.21. The quantitative estimate of drug-likeness (QED) is 0.802. The topological polar surface area (TPSA) is 35.5 Å². The van der Waals surface area contributed by atoms with E-state index in [0.29, 0.717) is 0 Å². The van der Waals surface area contributed by atoms with Crippen molar-refractivity contribution in [3.8, 4) is 5.75 Å². The monoisotopic (exact) mass is 290 g/mol. The first-order valence-electron chi connectivity index (χ1n) is 4.69. The lowest BCUT2D eigenvalue weighted by atomic mass is 10.2. The molecule has 0 aliphatic rings. The Morgan fingerprint density at radius 2 is 2.06 bits per heavy atom. The molecule has 0 radical (unpaired) electrons. The van der Waals surface area contributed by atoms with E-state index < -0.39 is 11.8 Å². The second-order valence-electron chi connectivity index (χ2n) is 3.42. The lowest BCUT2D eigenvalue weighted by Crippen LogP contribution is -2.11. The number of ether oxygens (including phenoxy) is 2. The Morgan fingerprint density at radius 1 is 1.44 bits per heavy atom. The van der Waals surface area contributed by atoms with Gasteiger partial charge < -0.3 is 9.47 Å². The Morgan fingerprint density at radius 3 is 2.56 bits per heavy atom. The fourth-order valence-electron chi connectivity index (χ4n) is 1.15. The minimum Gasteiger partial charge on any atom is -0.490 e. The molecule has 0 saturated carbocycles. The molecular formula is C11H12BrFO3. The first-order valence-corrected chi connectivity index (χ1v) is 5.49. The molecule has 0 N–H and O–H groups in total. The zero-order valence-corrected chi connectivity index (χ0v) is 10.8. The smallest absolute Gasteiger partial charge is 0.341 e. The molecule has 0 saturated heterocycles. The normalized spacial score (nSPS) is 10.4. The molecule has 0 aliphatic heterocycles. The Bertz CT molecular complexity index is 404. The van der Waals surface area contributed by atoms with Crippen LogP contribution >= 0.6 is 15.9 Å². The Kier molecular flexibility index (Phi) is 4.29. The van der Waals surface area contributed by atoms with Crippen molar-refractivity contribution < 1.29 is 18.7 Å². The number of esters is 1. The Hall–Kier alpha value is -1.10. The van der Waals surface area contributed by atoms with Crippen LogP contribution in [0.5, 0.6) is 5.75 Å². The van der Waals surface area contributed by atoms with Crippen LogP contribution in [-0.4, -0.2) is 19.2 Å². The van der Waals surface area contributed by atoms with E-state index in [1.54, 1.807) is 13.8 Å². The SMILES string of the molecule is COC(=O)c1cc(Br)c(F)cc1OC(C)C.